The van der Waals surface area contributed by atoms with Crippen LogP contribution in [0.25, 0.3) is 0 Å². The number of hydrogen-bond donors (Lipinski definition) is 1. The predicted octanol–water partition coefficient (Wildman–Crippen LogP) is 4.88. The second-order valence-electron chi connectivity index (χ2n) is 7.88. The molecule has 3 aromatic rings. The van der Waals surface area contributed by atoms with Crippen molar-refractivity contribution in [2.24, 2.45) is 0 Å². The lowest BCUT2D eigenvalue weighted by molar-refractivity contribution is 0.0486. The summed E-state index contributed by atoms with van der Waals surface area (Å²) in [7, 11) is 0. The molecule has 0 saturated carbocycles. The van der Waals surface area contributed by atoms with Gasteiger partial charge in [0.15, 0.2) is 0 Å². The highest BCUT2D eigenvalue weighted by Gasteiger charge is 2.35. The summed E-state index contributed by atoms with van der Waals surface area (Å²) in [6.45, 7) is 2.11. The van der Waals surface area contributed by atoms with Crippen LogP contribution in [-0.4, -0.2) is 25.7 Å². The summed E-state index contributed by atoms with van der Waals surface area (Å²) in [6.07, 6.45) is 1.48. The molecule has 1 fully saturated rings. The average molecular weight is 419 g/mol. The molecular weight excluding hydrogens is 393 g/mol. The smallest absolute Gasteiger partial charge is 0.251 e. The van der Waals surface area contributed by atoms with Crippen LogP contribution in [0.5, 0.6) is 5.75 Å². The Labute approximate surface area is 182 Å². The Morgan fingerprint density at radius 2 is 1.71 bits per heavy atom. The molecule has 1 aliphatic rings. The minimum Gasteiger partial charge on any atom is -0.489 e. The summed E-state index contributed by atoms with van der Waals surface area (Å²) in [6, 6.07) is 23.7. The van der Waals surface area contributed by atoms with Gasteiger partial charge in [-0.2, -0.15) is 0 Å². The number of carbonyl (C=O) groups is 1. The number of halogens is 1. The van der Waals surface area contributed by atoms with Crippen molar-refractivity contribution < 1.29 is 18.7 Å². The van der Waals surface area contributed by atoms with Gasteiger partial charge in [-0.1, -0.05) is 42.5 Å². The zero-order valence-corrected chi connectivity index (χ0v) is 17.4. The summed E-state index contributed by atoms with van der Waals surface area (Å²) >= 11 is 0. The number of ether oxygens (including phenoxy) is 2. The molecule has 0 radical (unpaired) electrons. The molecule has 0 bridgehead atoms. The van der Waals surface area contributed by atoms with Crippen molar-refractivity contribution in [1.29, 1.82) is 0 Å². The first-order chi connectivity index (χ1) is 15.1. The normalized spacial score (nSPS) is 15.3. The van der Waals surface area contributed by atoms with Gasteiger partial charge in [0.25, 0.3) is 5.91 Å². The largest absolute Gasteiger partial charge is 0.489 e. The van der Waals surface area contributed by atoms with E-state index in [1.54, 1.807) is 36.4 Å². The Bertz CT molecular complexity index is 999. The lowest BCUT2D eigenvalue weighted by atomic mass is 9.74. The van der Waals surface area contributed by atoms with Crippen LogP contribution in [-0.2, 0) is 16.8 Å². The van der Waals surface area contributed by atoms with Crippen molar-refractivity contribution in [3.05, 3.63) is 101 Å². The number of carbonyl (C=O) groups excluding carboxylic acids is 1. The van der Waals surface area contributed by atoms with Gasteiger partial charge in [-0.05, 0) is 60.4 Å². The van der Waals surface area contributed by atoms with Crippen LogP contribution in [0.3, 0.4) is 0 Å². The van der Waals surface area contributed by atoms with Crippen molar-refractivity contribution in [3.63, 3.8) is 0 Å². The standard InChI is InChI=1S/C26H26FNO3/c27-23-8-4-7-22(17-23)26(13-15-30-16-14-26)19-28-25(29)21-9-11-24(12-10-21)31-18-20-5-2-1-3-6-20/h1-12,17H,13-16,18-19H2,(H,28,29). The first kappa shape index (κ1) is 21.1. The van der Waals surface area contributed by atoms with Crippen LogP contribution in [0, 0.1) is 5.82 Å². The quantitative estimate of drug-likeness (QED) is 0.594. The highest BCUT2D eigenvalue weighted by molar-refractivity contribution is 5.94. The van der Waals surface area contributed by atoms with Crippen LogP contribution >= 0.6 is 0 Å². The monoisotopic (exact) mass is 419 g/mol. The lowest BCUT2D eigenvalue weighted by Gasteiger charge is -2.38. The van der Waals surface area contributed by atoms with E-state index < -0.39 is 0 Å². The van der Waals surface area contributed by atoms with Crippen molar-refractivity contribution >= 4 is 5.91 Å². The van der Waals surface area contributed by atoms with Gasteiger partial charge in [-0.25, -0.2) is 4.39 Å². The molecular formula is C26H26FNO3. The van der Waals surface area contributed by atoms with Crippen molar-refractivity contribution in [2.75, 3.05) is 19.8 Å². The second-order valence-corrected chi connectivity index (χ2v) is 7.88. The van der Waals surface area contributed by atoms with Crippen LogP contribution in [0.1, 0.15) is 34.3 Å². The Morgan fingerprint density at radius 3 is 2.42 bits per heavy atom. The van der Waals surface area contributed by atoms with Gasteiger partial charge in [-0.3, -0.25) is 4.79 Å². The fourth-order valence-electron chi connectivity index (χ4n) is 3.94. The molecule has 1 N–H and O–H groups in total. The van der Waals surface area contributed by atoms with Crippen molar-refractivity contribution in [2.45, 2.75) is 24.9 Å². The average Bonchev–Trinajstić information content (AvgIpc) is 2.83. The highest BCUT2D eigenvalue weighted by atomic mass is 19.1. The first-order valence-electron chi connectivity index (χ1n) is 10.5. The summed E-state index contributed by atoms with van der Waals surface area (Å²) in [5, 5.41) is 3.05. The third-order valence-electron chi connectivity index (χ3n) is 5.84. The van der Waals surface area contributed by atoms with Gasteiger partial charge >= 0.3 is 0 Å². The molecule has 0 aromatic heterocycles. The maximum atomic E-state index is 13.8. The zero-order valence-electron chi connectivity index (χ0n) is 17.4. The third kappa shape index (κ3) is 5.30. The van der Waals surface area contributed by atoms with Crippen molar-refractivity contribution in [3.8, 4) is 5.75 Å². The maximum Gasteiger partial charge on any atom is 0.251 e. The molecule has 1 heterocycles. The van der Waals surface area contributed by atoms with Crippen LogP contribution in [0.4, 0.5) is 4.39 Å². The summed E-state index contributed by atoms with van der Waals surface area (Å²) in [5.41, 5.74) is 2.23. The molecule has 4 nitrogen and oxygen atoms in total. The van der Waals surface area contributed by atoms with Crippen LogP contribution in [0.15, 0.2) is 78.9 Å². The minimum absolute atomic E-state index is 0.156. The van der Waals surface area contributed by atoms with Gasteiger partial charge < -0.3 is 14.8 Å². The molecule has 1 amide bonds. The molecule has 160 valence electrons. The molecule has 1 aliphatic heterocycles. The maximum absolute atomic E-state index is 13.8. The van der Waals surface area contributed by atoms with E-state index in [2.05, 4.69) is 5.32 Å². The second kappa shape index (κ2) is 9.75. The third-order valence-corrected chi connectivity index (χ3v) is 5.84. The first-order valence-corrected chi connectivity index (χ1v) is 10.5. The van der Waals surface area contributed by atoms with E-state index in [9.17, 15) is 9.18 Å². The van der Waals surface area contributed by atoms with Gasteiger partial charge in [0.05, 0.1) is 0 Å². The van der Waals surface area contributed by atoms with E-state index in [1.165, 1.54) is 6.07 Å². The number of nitrogens with one attached hydrogen (secondary N) is 1. The molecule has 0 aliphatic carbocycles. The van der Waals surface area contributed by atoms with Gasteiger partial charge in [0.2, 0.25) is 0 Å². The van der Waals surface area contributed by atoms with Crippen molar-refractivity contribution in [1.82, 2.24) is 5.32 Å². The number of hydrogen-bond acceptors (Lipinski definition) is 3. The zero-order chi connectivity index (χ0) is 21.5. The molecule has 4 rings (SSSR count). The van der Waals surface area contributed by atoms with E-state index in [1.807, 2.05) is 36.4 Å². The number of benzene rings is 3. The summed E-state index contributed by atoms with van der Waals surface area (Å²) < 4.78 is 25.1. The predicted molar refractivity (Wildman–Crippen MR) is 118 cm³/mol. The van der Waals surface area contributed by atoms with Gasteiger partial charge in [0.1, 0.15) is 18.2 Å². The van der Waals surface area contributed by atoms with Gasteiger partial charge in [0, 0.05) is 30.7 Å². The highest BCUT2D eigenvalue weighted by Crippen LogP contribution is 2.34. The SMILES string of the molecule is O=C(NCC1(c2cccc(F)c2)CCOCC1)c1ccc(OCc2ccccc2)cc1. The molecule has 31 heavy (non-hydrogen) atoms. The Kier molecular flexibility index (Phi) is 6.63. The fourth-order valence-corrected chi connectivity index (χ4v) is 3.94. The van der Waals surface area contributed by atoms with Crippen LogP contribution in [0.2, 0.25) is 0 Å². The van der Waals surface area contributed by atoms with E-state index in [4.69, 9.17) is 9.47 Å². The Hall–Kier alpha value is -3.18. The van der Waals surface area contributed by atoms with Crippen LogP contribution < -0.4 is 10.1 Å². The van der Waals surface area contributed by atoms with E-state index in [0.29, 0.717) is 37.7 Å². The van der Waals surface area contributed by atoms with E-state index in [0.717, 1.165) is 24.0 Å². The van der Waals surface area contributed by atoms with E-state index >= 15 is 0 Å². The molecule has 5 heteroatoms. The van der Waals surface area contributed by atoms with Gasteiger partial charge in [-0.15, -0.1) is 0 Å². The summed E-state index contributed by atoms with van der Waals surface area (Å²) in [5.74, 6) is 0.290. The molecule has 0 spiro atoms. The molecule has 3 aromatic carbocycles. The van der Waals surface area contributed by atoms with E-state index in [-0.39, 0.29) is 17.1 Å². The topological polar surface area (TPSA) is 47.6 Å². The molecule has 0 unspecified atom stereocenters. The molecule has 1 saturated heterocycles. The molecule has 0 atom stereocenters. The Morgan fingerprint density at radius 1 is 0.968 bits per heavy atom. The number of rotatable bonds is 7. The summed E-state index contributed by atoms with van der Waals surface area (Å²) in [4.78, 5) is 12.8. The minimum atomic E-state index is -0.325. The lowest BCUT2D eigenvalue weighted by Crippen LogP contribution is -2.44. The Balaban J connectivity index is 1.39. The fraction of sp³-hybridized carbons (Fsp3) is 0.269. The number of amides is 1.